The number of phenols is 2. The molecule has 0 aliphatic heterocycles. The molecule has 0 heterocycles. The van der Waals surface area contributed by atoms with Crippen LogP contribution in [0.1, 0.15) is 24.2 Å². The lowest BCUT2D eigenvalue weighted by molar-refractivity contribution is 0.112. The highest BCUT2D eigenvalue weighted by atomic mass is 16.4. The molecule has 0 unspecified atom stereocenters. The predicted molar refractivity (Wildman–Crippen MR) is 59.4 cm³/mol. The molecule has 0 bridgehead atoms. The number of phenolic OH excluding ortho intramolecular Hbond substituents is 2. The van der Waals surface area contributed by atoms with Gasteiger partial charge in [-0.15, -0.1) is 0 Å². The summed E-state index contributed by atoms with van der Waals surface area (Å²) >= 11 is 0. The van der Waals surface area contributed by atoms with E-state index in [0.29, 0.717) is 11.8 Å². The molecule has 0 atom stereocenters. The summed E-state index contributed by atoms with van der Waals surface area (Å²) in [5.74, 6) is -0.491. The zero-order valence-electron chi connectivity index (χ0n) is 9.52. The highest BCUT2D eigenvalue weighted by Gasteiger charge is 1.97. The lowest BCUT2D eigenvalue weighted by Gasteiger charge is -1.95. The van der Waals surface area contributed by atoms with E-state index in [-0.39, 0.29) is 11.5 Å². The molecule has 4 heteroatoms. The van der Waals surface area contributed by atoms with Gasteiger partial charge in [0.05, 0.1) is 0 Å². The normalized spacial score (nSPS) is 7.73. The van der Waals surface area contributed by atoms with Crippen molar-refractivity contribution in [1.82, 2.24) is 0 Å². The number of benzene rings is 1. The predicted octanol–water partition coefficient (Wildman–Crippen LogP) is 2.20. The van der Waals surface area contributed by atoms with E-state index in [0.717, 1.165) is 0 Å². The molecule has 1 rings (SSSR count). The fourth-order valence-corrected chi connectivity index (χ4v) is 0.614. The number of methoxy groups -OCH3 is 1. The first-order chi connectivity index (χ1) is 7.15. The van der Waals surface area contributed by atoms with E-state index >= 15 is 0 Å². The first-order valence-corrected chi connectivity index (χ1v) is 4.53. The van der Waals surface area contributed by atoms with Crippen molar-refractivity contribution in [1.29, 1.82) is 0 Å². The Morgan fingerprint density at radius 1 is 1.13 bits per heavy atom. The molecular weight excluding hydrogens is 196 g/mol. The van der Waals surface area contributed by atoms with Gasteiger partial charge in [-0.2, -0.15) is 0 Å². The molecular formula is C11H18O4. The zero-order valence-corrected chi connectivity index (χ0v) is 9.52. The Kier molecular flexibility index (Phi) is 11.2. The maximum absolute atomic E-state index is 10.1. The van der Waals surface area contributed by atoms with Crippen molar-refractivity contribution < 1.29 is 19.7 Å². The van der Waals surface area contributed by atoms with Gasteiger partial charge in [-0.25, -0.2) is 0 Å². The Hall–Kier alpha value is -1.55. The lowest BCUT2D eigenvalue weighted by Crippen LogP contribution is -1.77. The number of ether oxygens (including phenoxy) is 1. The number of rotatable bonds is 1. The summed E-state index contributed by atoms with van der Waals surface area (Å²) in [5, 5.41) is 17.6. The Labute approximate surface area is 90.1 Å². The molecule has 0 fully saturated rings. The maximum Gasteiger partial charge on any atom is 0.158 e. The van der Waals surface area contributed by atoms with Crippen LogP contribution in [0.3, 0.4) is 0 Å². The van der Waals surface area contributed by atoms with E-state index in [1.165, 1.54) is 18.2 Å². The molecule has 0 amide bonds. The number of carbonyl (C=O) groups is 1. The van der Waals surface area contributed by atoms with Crippen LogP contribution in [0.2, 0.25) is 0 Å². The van der Waals surface area contributed by atoms with Gasteiger partial charge >= 0.3 is 0 Å². The van der Waals surface area contributed by atoms with Crippen LogP contribution in [0.25, 0.3) is 0 Å². The van der Waals surface area contributed by atoms with Gasteiger partial charge < -0.3 is 14.9 Å². The summed E-state index contributed by atoms with van der Waals surface area (Å²) in [4.78, 5) is 10.1. The maximum atomic E-state index is 10.1. The van der Waals surface area contributed by atoms with Crippen molar-refractivity contribution in [2.75, 3.05) is 14.2 Å². The third kappa shape index (κ3) is 7.52. The van der Waals surface area contributed by atoms with Gasteiger partial charge in [-0.1, -0.05) is 13.8 Å². The molecule has 0 radical (unpaired) electrons. The molecule has 2 N–H and O–H groups in total. The highest BCUT2D eigenvalue weighted by molar-refractivity contribution is 5.76. The minimum atomic E-state index is -0.274. The number of aldehydes is 1. The molecule has 86 valence electrons. The summed E-state index contributed by atoms with van der Waals surface area (Å²) in [7, 11) is 3.25. The second-order valence-corrected chi connectivity index (χ2v) is 2.27. The molecule has 1 aromatic carbocycles. The largest absolute Gasteiger partial charge is 0.504 e. The van der Waals surface area contributed by atoms with Crippen LogP contribution in [0, 0.1) is 0 Å². The van der Waals surface area contributed by atoms with E-state index in [9.17, 15) is 4.79 Å². The lowest BCUT2D eigenvalue weighted by atomic mass is 10.2. The smallest absolute Gasteiger partial charge is 0.158 e. The quantitative estimate of drug-likeness (QED) is 0.555. The van der Waals surface area contributed by atoms with Crippen molar-refractivity contribution in [3.8, 4) is 11.5 Å². The van der Waals surface area contributed by atoms with Crippen LogP contribution in [0.5, 0.6) is 11.5 Å². The molecule has 0 saturated heterocycles. The van der Waals surface area contributed by atoms with Gasteiger partial charge in [-0.05, 0) is 18.2 Å². The Bertz CT molecular complexity index is 271. The van der Waals surface area contributed by atoms with Crippen LogP contribution in [0.15, 0.2) is 18.2 Å². The number of aromatic hydroxyl groups is 2. The van der Waals surface area contributed by atoms with Gasteiger partial charge in [-0.3, -0.25) is 4.79 Å². The van der Waals surface area contributed by atoms with Gasteiger partial charge in [0.25, 0.3) is 0 Å². The SMILES string of the molecule is CC.COC.O=Cc1ccc(O)c(O)c1. The molecule has 15 heavy (non-hydrogen) atoms. The van der Waals surface area contributed by atoms with Crippen LogP contribution in [-0.2, 0) is 4.74 Å². The van der Waals surface area contributed by atoms with E-state index < -0.39 is 0 Å². The summed E-state index contributed by atoms with van der Waals surface area (Å²) < 4.78 is 4.25. The molecule has 1 aromatic rings. The molecule has 0 aromatic heterocycles. The van der Waals surface area contributed by atoms with Crippen molar-refractivity contribution in [2.24, 2.45) is 0 Å². The number of hydrogen-bond donors (Lipinski definition) is 2. The molecule has 4 nitrogen and oxygen atoms in total. The minimum absolute atomic E-state index is 0.217. The summed E-state index contributed by atoms with van der Waals surface area (Å²) in [6.45, 7) is 4.00. The Morgan fingerprint density at radius 2 is 1.60 bits per heavy atom. The van der Waals surface area contributed by atoms with Gasteiger partial charge in [0, 0.05) is 19.8 Å². The van der Waals surface area contributed by atoms with E-state index in [4.69, 9.17) is 10.2 Å². The van der Waals surface area contributed by atoms with Gasteiger partial charge in [0.2, 0.25) is 0 Å². The average Bonchev–Trinajstić information content (AvgIpc) is 2.26. The van der Waals surface area contributed by atoms with E-state index in [1.807, 2.05) is 13.8 Å². The molecule has 0 aliphatic carbocycles. The highest BCUT2D eigenvalue weighted by Crippen LogP contribution is 2.23. The molecule has 0 spiro atoms. The van der Waals surface area contributed by atoms with Crippen molar-refractivity contribution in [2.45, 2.75) is 13.8 Å². The molecule has 0 saturated carbocycles. The number of carbonyl (C=O) groups excluding carboxylic acids is 1. The molecule has 0 aliphatic rings. The van der Waals surface area contributed by atoms with E-state index in [1.54, 1.807) is 14.2 Å². The second kappa shape index (κ2) is 10.5. The average molecular weight is 214 g/mol. The minimum Gasteiger partial charge on any atom is -0.504 e. The monoisotopic (exact) mass is 214 g/mol. The van der Waals surface area contributed by atoms with Gasteiger partial charge in [0.1, 0.15) is 6.29 Å². The van der Waals surface area contributed by atoms with Gasteiger partial charge in [0.15, 0.2) is 11.5 Å². The van der Waals surface area contributed by atoms with Crippen molar-refractivity contribution >= 4 is 6.29 Å². The third-order valence-corrected chi connectivity index (χ3v) is 1.14. The first kappa shape index (κ1) is 15.9. The van der Waals surface area contributed by atoms with Crippen LogP contribution < -0.4 is 0 Å². The topological polar surface area (TPSA) is 66.8 Å². The Morgan fingerprint density at radius 3 is 1.93 bits per heavy atom. The summed E-state index contributed by atoms with van der Waals surface area (Å²) in [6.07, 6.45) is 0.596. The van der Waals surface area contributed by atoms with Crippen LogP contribution in [-0.4, -0.2) is 30.7 Å². The summed E-state index contributed by atoms with van der Waals surface area (Å²) in [6, 6.07) is 3.88. The van der Waals surface area contributed by atoms with Crippen LogP contribution >= 0.6 is 0 Å². The van der Waals surface area contributed by atoms with E-state index in [2.05, 4.69) is 4.74 Å². The standard InChI is InChI=1S/C7H6O3.C2H6O.C2H6/c8-4-5-1-2-6(9)7(10)3-5;1-3-2;1-2/h1-4,9-10H;1-2H3;1-2H3. The first-order valence-electron chi connectivity index (χ1n) is 4.53. The fraction of sp³-hybridized carbons (Fsp3) is 0.364. The fourth-order valence-electron chi connectivity index (χ4n) is 0.614. The van der Waals surface area contributed by atoms with Crippen molar-refractivity contribution in [3.05, 3.63) is 23.8 Å². The zero-order chi connectivity index (χ0) is 12.3. The third-order valence-electron chi connectivity index (χ3n) is 1.14. The summed E-state index contributed by atoms with van der Waals surface area (Å²) in [5.41, 5.74) is 0.343. The number of hydrogen-bond acceptors (Lipinski definition) is 4. The Balaban J connectivity index is 0. The van der Waals surface area contributed by atoms with Crippen LogP contribution in [0.4, 0.5) is 0 Å². The van der Waals surface area contributed by atoms with Crippen molar-refractivity contribution in [3.63, 3.8) is 0 Å². The second-order valence-electron chi connectivity index (χ2n) is 2.27.